The molecule has 0 radical (unpaired) electrons. The lowest BCUT2D eigenvalue weighted by atomic mass is 10.0. The molecular formula is C93H114N28O23. The third-order valence-corrected chi connectivity index (χ3v) is 21.9. The molecule has 0 bridgehead atoms. The SMILES string of the molecule is CC(C)C[C@H](NC(=O)c1ccc(-c2ccc(NC(=O)[C@H](Cc3ccccc3)NC(=O)CNC(=O)CNC(=O)[C@@H]3CCCN3C(=O)CNC(=O)[C@@H](NC(=O)c3ccc(-c4ccc(NC(=O)[C@@H](NC(=O)CNC(=O)CN)C(C)C)cn4)nc3)[C@@H](C)O)cn2)nc1)C(=O)NCC(=O)N1CCC[C@H]1C(=O)NCC(=O)NCC(=O)N[C@@H](C)C(=O)Nc1ccc(-c2ccc(C(=O)N[C@@H](CO)C(=O)NCC(=O)NCC(N)=O)cn2)nc1. The minimum absolute atomic E-state index is 0.00173. The Kier molecular flexibility index (Phi) is 41.8. The van der Waals surface area contributed by atoms with Gasteiger partial charge in [0, 0.05) is 38.1 Å². The maximum Gasteiger partial charge on any atom is 0.253 e. The standard InChI is InChI=1S/C93H114N28O23/c1-49(2)30-66(87(138)109-46-79(132)120-28-10-14-69(120)90(141)107-41-74(127)104-43-76(129)111-51(5)83(134)112-57-19-25-63(99-36-57)61-23-17-55(34-97-61)85(136)117-68(48-122)88(139)106-40-73(126)102-39-71(95)124)116-84(135)54-16-22-60(96-33-54)64-26-20-58(37-100-64)113-89(140)67(31-53-12-8-7-9-13-53)115-77(130)44-105-75(128)42-108-91(142)70-15-11-29-121(70)80(133)47-110-92(143)82(52(6)123)119-86(137)56-18-24-62(98-35-56)65-27-21-59(38-101-65)114-93(144)81(50(3)4)118-78(131)45-103-72(125)32-94/h7-9,12-13,16-27,33-38,49-52,66-70,81-82,122-123H,10-11,14-15,28-32,39-48,94H2,1-6H3,(H2,95,124)(H,102,126)(H,103,125)(H,104,127)(H,105,128)(H,106,139)(H,107,141)(H,108,142)(H,109,138)(H,110,143)(H,111,129)(H,112,134)(H,113,140)(H,114,144)(H,115,130)(H,116,135)(H,117,136)(H,118,131)(H,119,137)/t51-,52+,66-,67-,68-,69-,70-,81-,82-/m0/s1. The van der Waals surface area contributed by atoms with Gasteiger partial charge in [-0.05, 0) is 136 Å². The van der Waals surface area contributed by atoms with Crippen LogP contribution in [0.3, 0.4) is 0 Å². The van der Waals surface area contributed by atoms with Crippen molar-refractivity contribution in [2.45, 2.75) is 135 Å². The summed E-state index contributed by atoms with van der Waals surface area (Å²) in [6.45, 7) is 3.81. The Morgan fingerprint density at radius 2 is 0.750 bits per heavy atom. The fraction of sp³-hybridized carbons (Fsp3) is 0.387. The van der Waals surface area contributed by atoms with E-state index in [9.17, 15) is 111 Å². The van der Waals surface area contributed by atoms with E-state index in [4.69, 9.17) is 11.5 Å². The van der Waals surface area contributed by atoms with Gasteiger partial charge in [0.15, 0.2) is 0 Å². The van der Waals surface area contributed by atoms with Gasteiger partial charge in [0.2, 0.25) is 106 Å². The Morgan fingerprint density at radius 1 is 0.368 bits per heavy atom. The molecular weight excluding hydrogens is 1880 g/mol. The number of nitrogens with zero attached hydrogens (tertiary/aromatic N) is 8. The molecule has 144 heavy (non-hydrogen) atoms. The van der Waals surface area contributed by atoms with E-state index in [-0.39, 0.29) is 97.5 Å². The third kappa shape index (κ3) is 34.4. The van der Waals surface area contributed by atoms with Crippen LogP contribution in [0.4, 0.5) is 17.1 Å². The van der Waals surface area contributed by atoms with Crippen molar-refractivity contribution in [1.29, 1.82) is 0 Å². The molecule has 21 amide bonds. The summed E-state index contributed by atoms with van der Waals surface area (Å²) in [7, 11) is 0. The van der Waals surface area contributed by atoms with Crippen molar-refractivity contribution >= 4 is 141 Å². The molecule has 0 spiro atoms. The first-order valence-corrected chi connectivity index (χ1v) is 45.6. The first-order chi connectivity index (χ1) is 68.7. The number of nitrogens with two attached hydrogens (primary N) is 2. The normalized spacial score (nSPS) is 14.4. The number of amides is 21. The highest BCUT2D eigenvalue weighted by Gasteiger charge is 2.38. The number of aliphatic hydroxyl groups is 2. The molecule has 6 aromatic heterocycles. The van der Waals surface area contributed by atoms with Crippen LogP contribution in [0.25, 0.3) is 34.2 Å². The average molecular weight is 1990 g/mol. The number of primary amides is 1. The van der Waals surface area contributed by atoms with E-state index in [0.717, 1.165) is 0 Å². The van der Waals surface area contributed by atoms with Gasteiger partial charge in [-0.3, -0.25) is 131 Å². The van der Waals surface area contributed by atoms with Crippen LogP contribution in [-0.2, 0) is 92.7 Å². The average Bonchev–Trinajstić information content (AvgIpc) is 1.72. The molecule has 51 nitrogen and oxygen atoms in total. The van der Waals surface area contributed by atoms with Crippen LogP contribution in [0, 0.1) is 11.8 Å². The Morgan fingerprint density at radius 3 is 1.17 bits per heavy atom. The van der Waals surface area contributed by atoms with Gasteiger partial charge in [-0.2, -0.15) is 0 Å². The maximum absolute atomic E-state index is 14.0. The summed E-state index contributed by atoms with van der Waals surface area (Å²) in [5, 5.41) is 64.8. The van der Waals surface area contributed by atoms with Gasteiger partial charge >= 0.3 is 0 Å². The van der Waals surface area contributed by atoms with Crippen molar-refractivity contribution in [2.75, 3.05) is 101 Å². The van der Waals surface area contributed by atoms with E-state index in [1.54, 1.807) is 56.3 Å². The first kappa shape index (κ1) is 111. The van der Waals surface area contributed by atoms with Gasteiger partial charge in [-0.1, -0.05) is 58.0 Å². The van der Waals surface area contributed by atoms with E-state index in [0.29, 0.717) is 52.6 Å². The van der Waals surface area contributed by atoms with Crippen molar-refractivity contribution < 1.29 is 111 Å². The smallest absolute Gasteiger partial charge is 0.253 e. The topological polar surface area (TPSA) is 751 Å². The van der Waals surface area contributed by atoms with Crippen LogP contribution in [-0.4, -0.2) is 314 Å². The number of aliphatic hydroxyl groups excluding tert-OH is 2. The summed E-state index contributed by atoms with van der Waals surface area (Å²) in [6.07, 6.45) is 7.53. The first-order valence-electron chi connectivity index (χ1n) is 45.6. The number of likely N-dealkylation sites (tertiary alicyclic amines) is 2. The molecule has 764 valence electrons. The number of anilines is 3. The van der Waals surface area contributed by atoms with Crippen LogP contribution in [0.2, 0.25) is 0 Å². The second-order valence-corrected chi connectivity index (χ2v) is 33.9. The lowest BCUT2D eigenvalue weighted by Gasteiger charge is -2.25. The Labute approximate surface area is 823 Å². The molecule has 2 aliphatic heterocycles. The number of carbonyl (C=O) groups is 21. The van der Waals surface area contributed by atoms with E-state index >= 15 is 0 Å². The van der Waals surface area contributed by atoms with Crippen molar-refractivity contribution in [3.8, 4) is 34.2 Å². The highest BCUT2D eigenvalue weighted by Crippen LogP contribution is 2.24. The molecule has 0 aliphatic carbocycles. The Balaban J connectivity index is 0.655. The van der Waals surface area contributed by atoms with E-state index in [1.807, 2.05) is 13.8 Å². The number of hydrogen-bond donors (Lipinski definition) is 22. The van der Waals surface area contributed by atoms with Gasteiger partial charge in [0.05, 0.1) is 165 Å². The predicted molar refractivity (Wildman–Crippen MR) is 512 cm³/mol. The van der Waals surface area contributed by atoms with Crippen molar-refractivity contribution in [1.82, 2.24) is 119 Å². The molecule has 8 heterocycles. The lowest BCUT2D eigenvalue weighted by molar-refractivity contribution is -0.139. The number of aromatic nitrogens is 6. The van der Waals surface area contributed by atoms with Crippen LogP contribution >= 0.6 is 0 Å². The van der Waals surface area contributed by atoms with Gasteiger partial charge in [-0.15, -0.1) is 0 Å². The van der Waals surface area contributed by atoms with E-state index < -0.39 is 237 Å². The minimum atomic E-state index is -1.56. The minimum Gasteiger partial charge on any atom is -0.394 e. The van der Waals surface area contributed by atoms with Crippen molar-refractivity contribution in [2.24, 2.45) is 23.3 Å². The zero-order chi connectivity index (χ0) is 105. The number of nitrogens with one attached hydrogen (secondary N) is 18. The summed E-state index contributed by atoms with van der Waals surface area (Å²) in [4.78, 5) is 301. The van der Waals surface area contributed by atoms with Gasteiger partial charge in [0.25, 0.3) is 17.7 Å². The molecule has 2 aliphatic rings. The molecule has 0 unspecified atom stereocenters. The Hall–Kier alpha value is -17.1. The van der Waals surface area contributed by atoms with Crippen molar-refractivity contribution in [3.63, 3.8) is 0 Å². The number of hydrogen-bond acceptors (Lipinski definition) is 30. The molecule has 7 aromatic rings. The van der Waals surface area contributed by atoms with E-state index in [2.05, 4.69) is 126 Å². The number of benzene rings is 1. The highest BCUT2D eigenvalue weighted by molar-refractivity contribution is 6.04. The number of rotatable bonds is 49. The summed E-state index contributed by atoms with van der Waals surface area (Å²) in [6, 6.07) is 17.0. The molecule has 2 fully saturated rings. The molecule has 2 saturated heterocycles. The van der Waals surface area contributed by atoms with Gasteiger partial charge < -0.3 is 127 Å². The monoisotopic (exact) mass is 1990 g/mol. The summed E-state index contributed by atoms with van der Waals surface area (Å²) < 4.78 is 0. The molecule has 24 N–H and O–H groups in total. The second-order valence-electron chi connectivity index (χ2n) is 33.9. The second kappa shape index (κ2) is 54.4. The zero-order valence-electron chi connectivity index (χ0n) is 79.3. The predicted octanol–water partition coefficient (Wildman–Crippen LogP) is -6.17. The van der Waals surface area contributed by atoms with Crippen LogP contribution < -0.4 is 107 Å². The quantitative estimate of drug-likeness (QED) is 0.0169. The van der Waals surface area contributed by atoms with Crippen molar-refractivity contribution in [3.05, 3.63) is 163 Å². The lowest BCUT2D eigenvalue weighted by Crippen LogP contribution is -2.55. The van der Waals surface area contributed by atoms with Crippen LogP contribution in [0.1, 0.15) is 110 Å². The number of pyridine rings is 6. The van der Waals surface area contributed by atoms with Gasteiger partial charge in [-0.25, -0.2) is 0 Å². The summed E-state index contributed by atoms with van der Waals surface area (Å²) in [5.41, 5.74) is 13.6. The van der Waals surface area contributed by atoms with Crippen LogP contribution in [0.15, 0.2) is 140 Å². The summed E-state index contributed by atoms with van der Waals surface area (Å²) in [5.74, 6) is -15.6. The number of carbonyl (C=O) groups excluding carboxylic acids is 21. The summed E-state index contributed by atoms with van der Waals surface area (Å²) >= 11 is 0. The molecule has 51 heteroatoms. The van der Waals surface area contributed by atoms with Gasteiger partial charge in [0.1, 0.15) is 48.3 Å². The zero-order valence-corrected chi connectivity index (χ0v) is 79.3. The highest BCUT2D eigenvalue weighted by atomic mass is 16.3. The Bertz CT molecular complexity index is 5810. The fourth-order valence-corrected chi connectivity index (χ4v) is 14.3. The third-order valence-electron chi connectivity index (χ3n) is 21.9. The fourth-order valence-electron chi connectivity index (χ4n) is 14.3. The molecule has 9 atom stereocenters. The molecule has 9 rings (SSSR count). The molecule has 1 aromatic carbocycles. The maximum atomic E-state index is 14.0. The van der Waals surface area contributed by atoms with Crippen LogP contribution in [0.5, 0.6) is 0 Å². The van der Waals surface area contributed by atoms with E-state index in [1.165, 1.54) is 121 Å². The molecule has 0 saturated carbocycles. The largest absolute Gasteiger partial charge is 0.394 e.